The lowest BCUT2D eigenvalue weighted by molar-refractivity contribution is 0.102. The molecular weight excluding hydrogens is 366 g/mol. The van der Waals surface area contributed by atoms with Gasteiger partial charge in [0.2, 0.25) is 5.88 Å². The van der Waals surface area contributed by atoms with E-state index in [1.54, 1.807) is 47.1 Å². The lowest BCUT2D eigenvalue weighted by Gasteiger charge is -2.09. The highest BCUT2D eigenvalue weighted by Gasteiger charge is 2.09. The predicted molar refractivity (Wildman–Crippen MR) is 110 cm³/mol. The van der Waals surface area contributed by atoms with E-state index in [4.69, 9.17) is 4.74 Å². The van der Waals surface area contributed by atoms with Gasteiger partial charge in [0, 0.05) is 23.5 Å². The van der Waals surface area contributed by atoms with Gasteiger partial charge >= 0.3 is 0 Å². The monoisotopic (exact) mass is 385 g/mol. The third-order valence-corrected chi connectivity index (χ3v) is 4.31. The number of amides is 1. The molecular formula is C22H19N5O2. The average Bonchev–Trinajstić information content (AvgIpc) is 3.16. The highest BCUT2D eigenvalue weighted by atomic mass is 16.5. The van der Waals surface area contributed by atoms with Crippen LogP contribution in [0, 0.1) is 13.8 Å². The van der Waals surface area contributed by atoms with Gasteiger partial charge in [0.15, 0.2) is 5.82 Å². The highest BCUT2D eigenvalue weighted by molar-refractivity contribution is 6.05. The zero-order chi connectivity index (χ0) is 20.2. The summed E-state index contributed by atoms with van der Waals surface area (Å²) >= 11 is 0. The van der Waals surface area contributed by atoms with Gasteiger partial charge in [-0.15, -0.1) is 10.2 Å². The summed E-state index contributed by atoms with van der Waals surface area (Å²) in [7, 11) is 0. The first-order valence-electron chi connectivity index (χ1n) is 9.10. The molecule has 0 saturated heterocycles. The Morgan fingerprint density at radius 2 is 1.72 bits per heavy atom. The van der Waals surface area contributed by atoms with Gasteiger partial charge in [-0.1, -0.05) is 18.2 Å². The van der Waals surface area contributed by atoms with Gasteiger partial charge in [-0.25, -0.2) is 4.68 Å². The molecule has 0 aliphatic rings. The van der Waals surface area contributed by atoms with Gasteiger partial charge in [-0.05, 0) is 61.9 Å². The molecule has 0 saturated carbocycles. The molecule has 29 heavy (non-hydrogen) atoms. The lowest BCUT2D eigenvalue weighted by Crippen LogP contribution is -2.13. The average molecular weight is 385 g/mol. The maximum atomic E-state index is 12.4. The van der Waals surface area contributed by atoms with Crippen LogP contribution in [-0.2, 0) is 0 Å². The summed E-state index contributed by atoms with van der Waals surface area (Å²) < 4.78 is 7.37. The number of carbonyl (C=O) groups is 1. The van der Waals surface area contributed by atoms with E-state index in [-0.39, 0.29) is 5.91 Å². The van der Waals surface area contributed by atoms with E-state index in [9.17, 15) is 4.79 Å². The molecule has 0 bridgehead atoms. The van der Waals surface area contributed by atoms with Crippen LogP contribution in [0.15, 0.2) is 72.9 Å². The standard InChI is InChI=1S/C22H19N5O2/c1-15-5-3-4-6-19(15)22(28)23-17-7-9-18(10-8-17)29-21-12-11-20(24-25-21)27-14-13-16(2)26-27/h3-14H,1-2H3,(H,23,28). The van der Waals surface area contributed by atoms with Gasteiger partial charge in [0.25, 0.3) is 5.91 Å². The Morgan fingerprint density at radius 1 is 0.931 bits per heavy atom. The van der Waals surface area contributed by atoms with Crippen LogP contribution in [0.3, 0.4) is 0 Å². The van der Waals surface area contributed by atoms with Crippen molar-refractivity contribution in [1.82, 2.24) is 20.0 Å². The molecule has 0 fully saturated rings. The summed E-state index contributed by atoms with van der Waals surface area (Å²) in [6, 6.07) is 20.0. The van der Waals surface area contributed by atoms with E-state index in [1.807, 2.05) is 44.3 Å². The fourth-order valence-corrected chi connectivity index (χ4v) is 2.79. The van der Waals surface area contributed by atoms with Crippen LogP contribution >= 0.6 is 0 Å². The maximum absolute atomic E-state index is 12.4. The third-order valence-electron chi connectivity index (χ3n) is 4.31. The Bertz CT molecular complexity index is 1130. The van der Waals surface area contributed by atoms with Gasteiger partial charge < -0.3 is 10.1 Å². The van der Waals surface area contributed by atoms with E-state index in [0.29, 0.717) is 28.7 Å². The zero-order valence-electron chi connectivity index (χ0n) is 16.0. The fourth-order valence-electron chi connectivity index (χ4n) is 2.79. The Labute approximate surface area is 168 Å². The Kier molecular flexibility index (Phi) is 5.03. The molecule has 7 heteroatoms. The zero-order valence-corrected chi connectivity index (χ0v) is 16.0. The minimum atomic E-state index is -0.146. The van der Waals surface area contributed by atoms with Crippen molar-refractivity contribution in [2.45, 2.75) is 13.8 Å². The van der Waals surface area contributed by atoms with Crippen LogP contribution in [0.25, 0.3) is 5.82 Å². The smallest absolute Gasteiger partial charge is 0.255 e. The van der Waals surface area contributed by atoms with Crippen molar-refractivity contribution in [3.8, 4) is 17.4 Å². The molecule has 0 radical (unpaired) electrons. The largest absolute Gasteiger partial charge is 0.438 e. The minimum absolute atomic E-state index is 0.146. The number of nitrogens with one attached hydrogen (secondary N) is 1. The molecule has 0 aliphatic heterocycles. The third kappa shape index (κ3) is 4.30. The van der Waals surface area contributed by atoms with E-state index < -0.39 is 0 Å². The molecule has 4 aromatic rings. The normalized spacial score (nSPS) is 10.6. The number of nitrogens with zero attached hydrogens (tertiary/aromatic N) is 4. The van der Waals surface area contributed by atoms with Crippen molar-refractivity contribution in [2.24, 2.45) is 0 Å². The number of anilines is 1. The van der Waals surface area contributed by atoms with Crippen LogP contribution in [-0.4, -0.2) is 25.9 Å². The van der Waals surface area contributed by atoms with Crippen molar-refractivity contribution in [3.05, 3.63) is 89.7 Å². The second kappa shape index (κ2) is 7.93. The number of ether oxygens (including phenoxy) is 1. The van der Waals surface area contributed by atoms with E-state index >= 15 is 0 Å². The van der Waals surface area contributed by atoms with Crippen LogP contribution in [0.2, 0.25) is 0 Å². The number of carbonyl (C=O) groups excluding carboxylic acids is 1. The molecule has 144 valence electrons. The summed E-state index contributed by atoms with van der Waals surface area (Å²) in [5, 5.41) is 15.4. The van der Waals surface area contributed by atoms with Crippen molar-refractivity contribution in [1.29, 1.82) is 0 Å². The summed E-state index contributed by atoms with van der Waals surface area (Å²) in [6.45, 7) is 3.82. The summed E-state index contributed by atoms with van der Waals surface area (Å²) in [5.41, 5.74) is 3.16. The fraction of sp³-hybridized carbons (Fsp3) is 0.0909. The summed E-state index contributed by atoms with van der Waals surface area (Å²) in [4.78, 5) is 12.4. The molecule has 1 amide bonds. The van der Waals surface area contributed by atoms with Gasteiger partial charge in [-0.2, -0.15) is 5.10 Å². The van der Waals surface area contributed by atoms with Gasteiger partial charge in [0.05, 0.1) is 5.69 Å². The van der Waals surface area contributed by atoms with Crippen molar-refractivity contribution >= 4 is 11.6 Å². The molecule has 2 aromatic carbocycles. The predicted octanol–water partition coefficient (Wildman–Crippen LogP) is 4.32. The number of hydrogen-bond acceptors (Lipinski definition) is 5. The Balaban J connectivity index is 1.40. The molecule has 0 spiro atoms. The number of hydrogen-bond donors (Lipinski definition) is 1. The number of benzene rings is 2. The second-order valence-corrected chi connectivity index (χ2v) is 6.53. The Morgan fingerprint density at radius 3 is 2.38 bits per heavy atom. The highest BCUT2D eigenvalue weighted by Crippen LogP contribution is 2.22. The quantitative estimate of drug-likeness (QED) is 0.553. The van der Waals surface area contributed by atoms with Crippen LogP contribution < -0.4 is 10.1 Å². The summed E-state index contributed by atoms with van der Waals surface area (Å²) in [6.07, 6.45) is 1.82. The van der Waals surface area contributed by atoms with E-state index in [0.717, 1.165) is 11.3 Å². The lowest BCUT2D eigenvalue weighted by atomic mass is 10.1. The molecule has 0 unspecified atom stereocenters. The van der Waals surface area contributed by atoms with Gasteiger partial charge in [-0.3, -0.25) is 4.79 Å². The first-order valence-corrected chi connectivity index (χ1v) is 9.10. The molecule has 1 N–H and O–H groups in total. The number of rotatable bonds is 5. The van der Waals surface area contributed by atoms with Gasteiger partial charge in [0.1, 0.15) is 5.75 Å². The molecule has 4 rings (SSSR count). The van der Waals surface area contributed by atoms with E-state index in [1.165, 1.54) is 0 Å². The van der Waals surface area contributed by atoms with Crippen LogP contribution in [0.1, 0.15) is 21.6 Å². The molecule has 2 heterocycles. The van der Waals surface area contributed by atoms with Crippen LogP contribution in [0.5, 0.6) is 11.6 Å². The number of aromatic nitrogens is 4. The molecule has 0 aliphatic carbocycles. The maximum Gasteiger partial charge on any atom is 0.255 e. The molecule has 2 aromatic heterocycles. The Hall–Kier alpha value is -4.00. The molecule has 7 nitrogen and oxygen atoms in total. The SMILES string of the molecule is Cc1ccn(-c2ccc(Oc3ccc(NC(=O)c4ccccc4C)cc3)nn2)n1. The summed E-state index contributed by atoms with van der Waals surface area (Å²) in [5.74, 6) is 1.43. The first kappa shape index (κ1) is 18.4. The number of aryl methyl sites for hydroxylation is 2. The van der Waals surface area contributed by atoms with Crippen molar-refractivity contribution in [3.63, 3.8) is 0 Å². The topological polar surface area (TPSA) is 81.9 Å². The van der Waals surface area contributed by atoms with Crippen LogP contribution in [0.4, 0.5) is 5.69 Å². The molecule has 0 atom stereocenters. The minimum Gasteiger partial charge on any atom is -0.438 e. The first-order chi connectivity index (χ1) is 14.1. The second-order valence-electron chi connectivity index (χ2n) is 6.53. The van der Waals surface area contributed by atoms with E-state index in [2.05, 4.69) is 20.6 Å². The van der Waals surface area contributed by atoms with Crippen molar-refractivity contribution < 1.29 is 9.53 Å². The van der Waals surface area contributed by atoms with Crippen molar-refractivity contribution in [2.75, 3.05) is 5.32 Å².